The zero-order valence-corrected chi connectivity index (χ0v) is 20.3. The topological polar surface area (TPSA) is 40.9 Å². The van der Waals surface area contributed by atoms with Gasteiger partial charge in [-0.25, -0.2) is 0 Å². The molecule has 2 heteroatoms. The maximum Gasteiger partial charge on any atom is -0.0208 e. The van der Waals surface area contributed by atoms with Crippen LogP contribution in [0.25, 0.3) is 0 Å². The van der Waals surface area contributed by atoms with Gasteiger partial charge in [-0.2, -0.15) is 4.91 Å². The van der Waals surface area contributed by atoms with E-state index < -0.39 is 0 Å². The summed E-state index contributed by atoms with van der Waals surface area (Å²) in [6, 6.07) is 0. The van der Waals surface area contributed by atoms with Gasteiger partial charge in [-0.15, -0.1) is 0 Å². The number of unbranched alkanes of at least 4 members (excludes halogenated alkanes) is 2. The molecule has 0 aromatic heterocycles. The van der Waals surface area contributed by atoms with Crippen molar-refractivity contribution < 1.29 is 0 Å². The standard InChI is InChI=1S/C28H50.HNO/c1-4-5-6-7-23-12-18-27(19-13-23)28-20-14-25(15-21-28)9-8-24-10-16-26(17-11-24)22(2)3;1-2/h23-28H,2,4-21H2,1,3H3;1H. The van der Waals surface area contributed by atoms with Gasteiger partial charge in [-0.1, -0.05) is 88.9 Å². The van der Waals surface area contributed by atoms with Gasteiger partial charge in [-0.3, -0.25) is 0 Å². The van der Waals surface area contributed by atoms with Crippen LogP contribution in [0.15, 0.2) is 12.2 Å². The molecule has 3 fully saturated rings. The Kier molecular flexibility index (Phi) is 12.3. The molecule has 3 aliphatic rings. The van der Waals surface area contributed by atoms with E-state index in [1.807, 2.05) is 0 Å². The number of hydrogen-bond acceptors (Lipinski definition) is 2. The van der Waals surface area contributed by atoms with Gasteiger partial charge in [0.25, 0.3) is 0 Å². The van der Waals surface area contributed by atoms with E-state index in [-0.39, 0.29) is 0 Å². The summed E-state index contributed by atoms with van der Waals surface area (Å²) >= 11 is 0. The first kappa shape index (κ1) is 25.6. The van der Waals surface area contributed by atoms with Crippen molar-refractivity contribution in [1.29, 1.82) is 5.59 Å². The Balaban J connectivity index is 0.00000155. The third-order valence-corrected chi connectivity index (χ3v) is 9.19. The van der Waals surface area contributed by atoms with Gasteiger partial charge in [0.1, 0.15) is 0 Å². The molecule has 0 aliphatic heterocycles. The highest BCUT2D eigenvalue weighted by Gasteiger charge is 2.31. The number of rotatable bonds is 9. The molecular weight excluding hydrogens is 366 g/mol. The van der Waals surface area contributed by atoms with Crippen molar-refractivity contribution in [2.75, 3.05) is 0 Å². The highest BCUT2D eigenvalue weighted by molar-refractivity contribution is 4.98. The van der Waals surface area contributed by atoms with Crippen LogP contribution in [0, 0.1) is 46.0 Å². The fourth-order valence-electron chi connectivity index (χ4n) is 6.99. The van der Waals surface area contributed by atoms with E-state index >= 15 is 0 Å². The Morgan fingerprint density at radius 2 is 1.07 bits per heavy atom. The highest BCUT2D eigenvalue weighted by Crippen LogP contribution is 2.44. The first-order valence-corrected chi connectivity index (χ1v) is 13.5. The van der Waals surface area contributed by atoms with Crippen LogP contribution in [-0.4, -0.2) is 0 Å². The fraction of sp³-hybridized carbons (Fsp3) is 0.929. The molecule has 0 aromatic rings. The molecule has 2 nitrogen and oxygen atoms in total. The molecule has 0 spiro atoms. The highest BCUT2D eigenvalue weighted by atomic mass is 16.2. The number of hydrogen-bond donors (Lipinski definition) is 1. The zero-order valence-electron chi connectivity index (χ0n) is 20.3. The number of nitrogens with one attached hydrogen (secondary N) is 1. The van der Waals surface area contributed by atoms with Crippen LogP contribution in [-0.2, 0) is 0 Å². The monoisotopic (exact) mass is 417 g/mol. The summed E-state index contributed by atoms with van der Waals surface area (Å²) < 4.78 is 0. The number of nitroso groups, excluding NO2 is 1. The molecule has 3 saturated carbocycles. The lowest BCUT2D eigenvalue weighted by atomic mass is 9.68. The Hall–Kier alpha value is -0.660. The van der Waals surface area contributed by atoms with E-state index in [9.17, 15) is 0 Å². The largest absolute Gasteiger partial charge is 0.154 e. The minimum atomic E-state index is 0.841. The maximum absolute atomic E-state index is 7.50. The number of allylic oxidation sites excluding steroid dienone is 1. The van der Waals surface area contributed by atoms with Gasteiger partial charge >= 0.3 is 0 Å². The summed E-state index contributed by atoms with van der Waals surface area (Å²) in [6.45, 7) is 8.76. The summed E-state index contributed by atoms with van der Waals surface area (Å²) in [5.74, 6) is 6.23. The van der Waals surface area contributed by atoms with Gasteiger partial charge in [0.2, 0.25) is 0 Å². The van der Waals surface area contributed by atoms with Crippen LogP contribution in [0.2, 0.25) is 0 Å². The fourth-order valence-corrected chi connectivity index (χ4v) is 6.99. The molecule has 0 radical (unpaired) electrons. The van der Waals surface area contributed by atoms with Gasteiger partial charge in [-0.05, 0) is 93.8 Å². The second-order valence-corrected chi connectivity index (χ2v) is 11.2. The van der Waals surface area contributed by atoms with Gasteiger partial charge in [0.05, 0.1) is 0 Å². The molecule has 3 aliphatic carbocycles. The van der Waals surface area contributed by atoms with E-state index in [4.69, 9.17) is 4.91 Å². The first-order valence-electron chi connectivity index (χ1n) is 13.5. The van der Waals surface area contributed by atoms with Gasteiger partial charge in [0, 0.05) is 0 Å². The molecule has 1 N–H and O–H groups in total. The summed E-state index contributed by atoms with van der Waals surface area (Å²) in [5, 5.41) is 0. The van der Waals surface area contributed by atoms with Crippen molar-refractivity contribution in [2.24, 2.45) is 35.5 Å². The van der Waals surface area contributed by atoms with Crippen LogP contribution < -0.4 is 0 Å². The predicted octanol–water partition coefficient (Wildman–Crippen LogP) is 9.67. The second kappa shape index (κ2) is 14.4. The van der Waals surface area contributed by atoms with Crippen LogP contribution in [0.3, 0.4) is 0 Å². The lowest BCUT2D eigenvalue weighted by Gasteiger charge is -2.38. The third kappa shape index (κ3) is 8.46. The van der Waals surface area contributed by atoms with E-state index in [1.165, 1.54) is 63.4 Å². The van der Waals surface area contributed by atoms with Crippen molar-refractivity contribution in [1.82, 2.24) is 0 Å². The molecule has 0 atom stereocenters. The Labute approximate surface area is 187 Å². The van der Waals surface area contributed by atoms with Crippen LogP contribution in [0.1, 0.15) is 129 Å². The van der Waals surface area contributed by atoms with Crippen molar-refractivity contribution in [2.45, 2.75) is 129 Å². The lowest BCUT2D eigenvalue weighted by molar-refractivity contribution is 0.136. The van der Waals surface area contributed by atoms with Crippen LogP contribution in [0.5, 0.6) is 0 Å². The molecular formula is C28H51NO. The molecule has 3 rings (SSSR count). The van der Waals surface area contributed by atoms with E-state index in [0.29, 0.717) is 0 Å². The van der Waals surface area contributed by atoms with Crippen molar-refractivity contribution in [3.05, 3.63) is 17.1 Å². The van der Waals surface area contributed by atoms with Crippen molar-refractivity contribution in [3.63, 3.8) is 0 Å². The van der Waals surface area contributed by atoms with Crippen molar-refractivity contribution in [3.8, 4) is 0 Å². The van der Waals surface area contributed by atoms with E-state index in [0.717, 1.165) is 35.5 Å². The minimum absolute atomic E-state index is 0.841. The van der Waals surface area contributed by atoms with Crippen molar-refractivity contribution >= 4 is 0 Å². The second-order valence-electron chi connectivity index (χ2n) is 11.2. The zero-order chi connectivity index (χ0) is 21.8. The SMILES string of the molecule is C=C(C)C1CCC(CCC2CCC(C3CCC(CCCCC)CC3)CC2)CC1.N=O. The van der Waals surface area contributed by atoms with Gasteiger partial charge in [0.15, 0.2) is 0 Å². The smallest absolute Gasteiger partial charge is 0.0208 e. The predicted molar refractivity (Wildman–Crippen MR) is 131 cm³/mol. The Morgan fingerprint density at radius 3 is 1.47 bits per heavy atom. The molecule has 0 aromatic carbocycles. The van der Waals surface area contributed by atoms with E-state index in [1.54, 1.807) is 57.8 Å². The first-order chi connectivity index (χ1) is 14.7. The Morgan fingerprint density at radius 1 is 0.667 bits per heavy atom. The molecule has 0 unspecified atom stereocenters. The Bertz CT molecular complexity index is 451. The minimum Gasteiger partial charge on any atom is -0.154 e. The molecule has 174 valence electrons. The van der Waals surface area contributed by atoms with Gasteiger partial charge < -0.3 is 0 Å². The molecule has 0 heterocycles. The third-order valence-electron chi connectivity index (χ3n) is 9.19. The van der Waals surface area contributed by atoms with Crippen LogP contribution in [0.4, 0.5) is 0 Å². The molecule has 0 amide bonds. The summed E-state index contributed by atoms with van der Waals surface area (Å²) in [6.07, 6.45) is 27.2. The maximum atomic E-state index is 7.50. The van der Waals surface area contributed by atoms with Crippen LogP contribution >= 0.6 is 0 Å². The average Bonchev–Trinajstić information content (AvgIpc) is 2.80. The molecule has 0 saturated heterocycles. The molecule has 0 bridgehead atoms. The lowest BCUT2D eigenvalue weighted by Crippen LogP contribution is -2.26. The quantitative estimate of drug-likeness (QED) is 0.226. The summed E-state index contributed by atoms with van der Waals surface area (Å²) in [4.78, 5) is 7.50. The molecule has 30 heavy (non-hydrogen) atoms. The normalized spacial score (nSPS) is 34.6. The van der Waals surface area contributed by atoms with E-state index in [2.05, 4.69) is 26.0 Å². The average molecular weight is 418 g/mol. The summed E-state index contributed by atoms with van der Waals surface area (Å²) in [5.41, 5.74) is 5.94. The summed E-state index contributed by atoms with van der Waals surface area (Å²) in [7, 11) is 0.